The van der Waals surface area contributed by atoms with Crippen molar-refractivity contribution in [2.45, 2.75) is 0 Å². The summed E-state index contributed by atoms with van der Waals surface area (Å²) < 4.78 is 0. The van der Waals surface area contributed by atoms with E-state index >= 15 is 0 Å². The van der Waals surface area contributed by atoms with Gasteiger partial charge in [0.15, 0.2) is 0 Å². The predicted molar refractivity (Wildman–Crippen MR) is 52.9 cm³/mol. The molecule has 2 aromatic rings. The minimum Gasteiger partial charge on any atom is -0.429 e. The largest absolute Gasteiger partial charge is 0.482 e. The van der Waals surface area contributed by atoms with Crippen LogP contribution in [-0.2, 0) is 0 Å². The Morgan fingerprint density at radius 3 is 2.46 bits per heavy atom. The Labute approximate surface area is 76.3 Å². The van der Waals surface area contributed by atoms with E-state index < -0.39 is 0 Å². The second-order valence-electron chi connectivity index (χ2n) is 2.43. The second-order valence-corrected chi connectivity index (χ2v) is 2.43. The van der Waals surface area contributed by atoms with Crippen LogP contribution in [0.2, 0.25) is 0 Å². The molecule has 0 amide bonds. The number of hydrogen-bond acceptors (Lipinski definition) is 3. The fourth-order valence-corrected chi connectivity index (χ4v) is 1.10. The number of nitrogens with two attached hydrogens (primary N) is 1. The molecule has 1 radical (unpaired) electrons. The van der Waals surface area contributed by atoms with Crippen LogP contribution in [0.5, 0.6) is 0 Å². The molecule has 0 aliphatic rings. The molecule has 1 heterocycles. The van der Waals surface area contributed by atoms with Crippen LogP contribution in [0.15, 0.2) is 30.3 Å². The standard InChI is InChI=1S/C8H8N2.BH2O2/c9-8-5-6-3-1-2-4-7(6)10-8;2-1-3/h1-5,10H,9H2;2-3H. The Hall–Kier alpha value is -1.46. The first kappa shape index (κ1) is 9.63. The maximum Gasteiger partial charge on any atom is 0.482 e. The third kappa shape index (κ3) is 2.50. The molecular formula is C8H10BN2O2. The molecule has 0 saturated carbocycles. The van der Waals surface area contributed by atoms with E-state index in [4.69, 9.17) is 15.8 Å². The zero-order chi connectivity index (χ0) is 9.68. The van der Waals surface area contributed by atoms with Gasteiger partial charge in [0.2, 0.25) is 0 Å². The van der Waals surface area contributed by atoms with Crippen molar-refractivity contribution in [2.75, 3.05) is 5.73 Å². The maximum absolute atomic E-state index is 7.00. The molecule has 0 aliphatic carbocycles. The van der Waals surface area contributed by atoms with Crippen LogP contribution < -0.4 is 5.73 Å². The molecule has 0 aliphatic heterocycles. The van der Waals surface area contributed by atoms with Crippen LogP contribution in [0.3, 0.4) is 0 Å². The van der Waals surface area contributed by atoms with Crippen LogP contribution >= 0.6 is 0 Å². The number of hydrogen-bond donors (Lipinski definition) is 4. The van der Waals surface area contributed by atoms with Gasteiger partial charge in [0.05, 0.1) is 0 Å². The molecule has 0 bridgehead atoms. The lowest BCUT2D eigenvalue weighted by atomic mass is 10.3. The summed E-state index contributed by atoms with van der Waals surface area (Å²) in [6, 6.07) is 9.94. The third-order valence-corrected chi connectivity index (χ3v) is 1.55. The van der Waals surface area contributed by atoms with Gasteiger partial charge in [0.25, 0.3) is 0 Å². The molecule has 4 nitrogen and oxygen atoms in total. The van der Waals surface area contributed by atoms with Gasteiger partial charge in [-0.15, -0.1) is 0 Å². The highest BCUT2D eigenvalue weighted by Crippen LogP contribution is 2.14. The zero-order valence-electron chi connectivity index (χ0n) is 6.94. The number of aromatic nitrogens is 1. The number of anilines is 1. The predicted octanol–water partition coefficient (Wildman–Crippen LogP) is 0.255. The van der Waals surface area contributed by atoms with Gasteiger partial charge in [-0.25, -0.2) is 0 Å². The molecule has 5 heteroatoms. The van der Waals surface area contributed by atoms with Crippen LogP contribution in [0.1, 0.15) is 0 Å². The maximum atomic E-state index is 7.00. The fraction of sp³-hybridized carbons (Fsp3) is 0. The summed E-state index contributed by atoms with van der Waals surface area (Å²) in [5.74, 6) is 0.723. The van der Waals surface area contributed by atoms with Crippen molar-refractivity contribution in [1.82, 2.24) is 4.98 Å². The van der Waals surface area contributed by atoms with Gasteiger partial charge >= 0.3 is 7.69 Å². The zero-order valence-corrected chi connectivity index (χ0v) is 6.94. The molecule has 1 aromatic carbocycles. The Balaban J connectivity index is 0.000000251. The summed E-state index contributed by atoms with van der Waals surface area (Å²) in [4.78, 5) is 3.04. The minimum absolute atomic E-state index is 0. The van der Waals surface area contributed by atoms with Crippen LogP contribution in [0.25, 0.3) is 10.9 Å². The summed E-state index contributed by atoms with van der Waals surface area (Å²) in [6.07, 6.45) is 0. The van der Waals surface area contributed by atoms with Crippen molar-refractivity contribution >= 4 is 24.4 Å². The van der Waals surface area contributed by atoms with E-state index in [1.165, 1.54) is 5.39 Å². The SMILES string of the molecule is Nc1cc2ccccc2[nH]1.O[B]O. The molecule has 0 saturated heterocycles. The highest BCUT2D eigenvalue weighted by molar-refractivity contribution is 6.13. The van der Waals surface area contributed by atoms with Crippen molar-refractivity contribution < 1.29 is 10.0 Å². The minimum atomic E-state index is 0. The van der Waals surface area contributed by atoms with Crippen molar-refractivity contribution in [3.63, 3.8) is 0 Å². The average Bonchev–Trinajstić information content (AvgIpc) is 2.45. The number of H-pyrrole nitrogens is 1. The third-order valence-electron chi connectivity index (χ3n) is 1.55. The smallest absolute Gasteiger partial charge is 0.429 e. The number of fused-ring (bicyclic) bond motifs is 1. The summed E-state index contributed by atoms with van der Waals surface area (Å²) in [5.41, 5.74) is 6.63. The normalized spacial score (nSPS) is 9.08. The first-order valence-corrected chi connectivity index (χ1v) is 3.71. The first-order chi connectivity index (χ1) is 6.27. The van der Waals surface area contributed by atoms with Gasteiger partial charge in [-0.2, -0.15) is 0 Å². The van der Waals surface area contributed by atoms with E-state index in [1.807, 2.05) is 30.3 Å². The molecule has 13 heavy (non-hydrogen) atoms. The average molecular weight is 177 g/mol. The molecule has 0 fully saturated rings. The van der Waals surface area contributed by atoms with Crippen molar-refractivity contribution in [1.29, 1.82) is 0 Å². The lowest BCUT2D eigenvalue weighted by Gasteiger charge is -1.83. The summed E-state index contributed by atoms with van der Waals surface area (Å²) in [5, 5.41) is 15.2. The molecule has 5 N–H and O–H groups in total. The van der Waals surface area contributed by atoms with E-state index in [-0.39, 0.29) is 7.69 Å². The monoisotopic (exact) mass is 177 g/mol. The Bertz CT molecular complexity index is 342. The molecule has 1 aromatic heterocycles. The Morgan fingerprint density at radius 1 is 1.23 bits per heavy atom. The molecule has 0 atom stereocenters. The van der Waals surface area contributed by atoms with E-state index in [2.05, 4.69) is 4.98 Å². The van der Waals surface area contributed by atoms with E-state index in [1.54, 1.807) is 0 Å². The number of aromatic amines is 1. The van der Waals surface area contributed by atoms with Crippen molar-refractivity contribution in [3.8, 4) is 0 Å². The van der Waals surface area contributed by atoms with Gasteiger partial charge in [-0.3, -0.25) is 0 Å². The number of rotatable bonds is 0. The molecular weight excluding hydrogens is 167 g/mol. The van der Waals surface area contributed by atoms with Crippen molar-refractivity contribution in [2.24, 2.45) is 0 Å². The molecule has 0 spiro atoms. The van der Waals surface area contributed by atoms with Crippen LogP contribution in [-0.4, -0.2) is 22.7 Å². The van der Waals surface area contributed by atoms with Crippen molar-refractivity contribution in [3.05, 3.63) is 30.3 Å². The lowest BCUT2D eigenvalue weighted by Crippen LogP contribution is -1.80. The topological polar surface area (TPSA) is 82.3 Å². The highest BCUT2D eigenvalue weighted by atomic mass is 16.4. The fourth-order valence-electron chi connectivity index (χ4n) is 1.10. The van der Waals surface area contributed by atoms with Gasteiger partial charge in [0.1, 0.15) is 5.82 Å². The number of nitrogens with one attached hydrogen (secondary N) is 1. The van der Waals surface area contributed by atoms with E-state index in [9.17, 15) is 0 Å². The van der Waals surface area contributed by atoms with E-state index in [0.29, 0.717) is 0 Å². The molecule has 0 unspecified atom stereocenters. The Morgan fingerprint density at radius 2 is 1.85 bits per heavy atom. The number of nitrogen functional groups attached to an aromatic ring is 1. The van der Waals surface area contributed by atoms with Gasteiger partial charge in [-0.1, -0.05) is 18.2 Å². The summed E-state index contributed by atoms with van der Waals surface area (Å²) in [6.45, 7) is 0. The van der Waals surface area contributed by atoms with Crippen LogP contribution in [0.4, 0.5) is 5.82 Å². The number of para-hydroxylation sites is 1. The summed E-state index contributed by atoms with van der Waals surface area (Å²) in [7, 11) is 0. The Kier molecular flexibility index (Phi) is 3.36. The van der Waals surface area contributed by atoms with E-state index in [0.717, 1.165) is 11.3 Å². The first-order valence-electron chi connectivity index (χ1n) is 3.71. The highest BCUT2D eigenvalue weighted by Gasteiger charge is 1.92. The van der Waals surface area contributed by atoms with Crippen LogP contribution in [0, 0.1) is 0 Å². The van der Waals surface area contributed by atoms with Gasteiger partial charge < -0.3 is 20.8 Å². The molecule has 2 rings (SSSR count). The molecule has 67 valence electrons. The lowest BCUT2D eigenvalue weighted by molar-refractivity contribution is 0.448. The number of benzene rings is 1. The second kappa shape index (κ2) is 4.54. The van der Waals surface area contributed by atoms with Gasteiger partial charge in [-0.05, 0) is 12.1 Å². The summed E-state index contributed by atoms with van der Waals surface area (Å²) >= 11 is 0. The quantitative estimate of drug-likeness (QED) is 0.435. The van der Waals surface area contributed by atoms with Gasteiger partial charge in [0, 0.05) is 10.9 Å².